The van der Waals surface area contributed by atoms with E-state index < -0.39 is 0 Å². The van der Waals surface area contributed by atoms with Gasteiger partial charge in [-0.25, -0.2) is 0 Å². The number of ether oxygens (including phenoxy) is 1. The molecule has 0 spiro atoms. The van der Waals surface area contributed by atoms with E-state index in [9.17, 15) is 0 Å². The summed E-state index contributed by atoms with van der Waals surface area (Å²) in [6.07, 6.45) is 0. The van der Waals surface area contributed by atoms with Gasteiger partial charge in [0.1, 0.15) is 5.75 Å². The summed E-state index contributed by atoms with van der Waals surface area (Å²) in [6, 6.07) is 15.8. The molecule has 1 N–H and O–H groups in total. The second-order valence-electron chi connectivity index (χ2n) is 5.03. The van der Waals surface area contributed by atoms with Crippen LogP contribution in [0.3, 0.4) is 0 Å². The summed E-state index contributed by atoms with van der Waals surface area (Å²) in [7, 11) is 1.94. The van der Waals surface area contributed by atoms with Gasteiger partial charge in [-0.3, -0.25) is 0 Å². The van der Waals surface area contributed by atoms with Crippen LogP contribution in [0.15, 0.2) is 53.9 Å². The lowest BCUT2D eigenvalue weighted by Crippen LogP contribution is -2.04. The van der Waals surface area contributed by atoms with Gasteiger partial charge in [0.05, 0.1) is 10.0 Å². The second-order valence-corrected chi connectivity index (χ2v) is 6.72. The van der Waals surface area contributed by atoms with Crippen molar-refractivity contribution >= 4 is 34.5 Å². The van der Waals surface area contributed by atoms with E-state index in [-0.39, 0.29) is 0 Å². The Bertz CT molecular complexity index is 816. The first-order valence-electron chi connectivity index (χ1n) is 7.11. The minimum Gasteiger partial charge on any atom is -0.446 e. The SMILES string of the molecule is CNCc1cccc(-c2ccsc2Oc2ccc(Cl)c(Cl)c2)c1. The molecule has 23 heavy (non-hydrogen) atoms. The molecule has 0 aliphatic rings. The lowest BCUT2D eigenvalue weighted by Gasteiger charge is -2.09. The molecule has 0 atom stereocenters. The lowest BCUT2D eigenvalue weighted by molar-refractivity contribution is 0.498. The average molecular weight is 364 g/mol. The predicted molar refractivity (Wildman–Crippen MR) is 99.1 cm³/mol. The van der Waals surface area contributed by atoms with Crippen LogP contribution in [0, 0.1) is 0 Å². The number of thiophene rings is 1. The van der Waals surface area contributed by atoms with Gasteiger partial charge in [-0.1, -0.05) is 41.4 Å². The van der Waals surface area contributed by atoms with E-state index in [1.807, 2.05) is 18.5 Å². The van der Waals surface area contributed by atoms with Crippen molar-refractivity contribution in [3.05, 3.63) is 69.5 Å². The molecule has 0 aliphatic heterocycles. The molecule has 0 aliphatic carbocycles. The molecule has 2 aromatic carbocycles. The number of halogens is 2. The molecule has 0 amide bonds. The molecular weight excluding hydrogens is 349 g/mol. The molecule has 0 radical (unpaired) electrons. The van der Waals surface area contributed by atoms with Crippen molar-refractivity contribution in [3.8, 4) is 21.9 Å². The van der Waals surface area contributed by atoms with E-state index in [0.717, 1.165) is 22.7 Å². The normalized spacial score (nSPS) is 10.7. The molecule has 0 unspecified atom stereocenters. The Morgan fingerprint density at radius 2 is 1.91 bits per heavy atom. The Morgan fingerprint density at radius 3 is 2.70 bits per heavy atom. The third kappa shape index (κ3) is 3.88. The molecule has 0 saturated carbocycles. The topological polar surface area (TPSA) is 21.3 Å². The number of hydrogen-bond acceptors (Lipinski definition) is 3. The fraction of sp³-hybridized carbons (Fsp3) is 0.111. The summed E-state index contributed by atoms with van der Waals surface area (Å²) in [5.74, 6) is 0.675. The van der Waals surface area contributed by atoms with Gasteiger partial charge in [-0.2, -0.15) is 0 Å². The van der Waals surface area contributed by atoms with Gasteiger partial charge in [0.15, 0.2) is 5.06 Å². The van der Waals surface area contributed by atoms with Crippen molar-refractivity contribution < 1.29 is 4.74 Å². The summed E-state index contributed by atoms with van der Waals surface area (Å²) in [5.41, 5.74) is 3.43. The Balaban J connectivity index is 1.90. The van der Waals surface area contributed by atoms with Crippen molar-refractivity contribution in [2.75, 3.05) is 7.05 Å². The molecule has 2 nitrogen and oxygen atoms in total. The van der Waals surface area contributed by atoms with E-state index >= 15 is 0 Å². The molecule has 1 aromatic heterocycles. The van der Waals surface area contributed by atoms with Crippen molar-refractivity contribution in [3.63, 3.8) is 0 Å². The van der Waals surface area contributed by atoms with Crippen LogP contribution in [0.5, 0.6) is 10.8 Å². The number of nitrogens with one attached hydrogen (secondary N) is 1. The van der Waals surface area contributed by atoms with Crippen molar-refractivity contribution in [1.29, 1.82) is 0 Å². The fourth-order valence-electron chi connectivity index (χ4n) is 2.29. The minimum absolute atomic E-state index is 0.485. The Labute approximate surface area is 149 Å². The van der Waals surface area contributed by atoms with Crippen molar-refractivity contribution in [2.45, 2.75) is 6.54 Å². The molecule has 3 rings (SSSR count). The van der Waals surface area contributed by atoms with E-state index in [2.05, 4.69) is 35.6 Å². The van der Waals surface area contributed by atoms with Crippen LogP contribution in [-0.2, 0) is 6.54 Å². The van der Waals surface area contributed by atoms with Crippen LogP contribution in [0.25, 0.3) is 11.1 Å². The van der Waals surface area contributed by atoms with Crippen molar-refractivity contribution in [2.24, 2.45) is 0 Å². The zero-order valence-electron chi connectivity index (χ0n) is 12.5. The van der Waals surface area contributed by atoms with Gasteiger partial charge in [-0.05, 0) is 47.8 Å². The quantitative estimate of drug-likeness (QED) is 0.579. The van der Waals surface area contributed by atoms with Crippen LogP contribution >= 0.6 is 34.5 Å². The largest absolute Gasteiger partial charge is 0.446 e. The van der Waals surface area contributed by atoms with Gasteiger partial charge >= 0.3 is 0 Å². The van der Waals surface area contributed by atoms with Gasteiger partial charge in [0, 0.05) is 18.2 Å². The molecule has 118 valence electrons. The van der Waals surface area contributed by atoms with Crippen LogP contribution in [0.4, 0.5) is 0 Å². The van der Waals surface area contributed by atoms with E-state index in [1.54, 1.807) is 23.5 Å². The molecule has 3 aromatic rings. The zero-order valence-corrected chi connectivity index (χ0v) is 14.8. The number of benzene rings is 2. The van der Waals surface area contributed by atoms with Crippen LogP contribution in [-0.4, -0.2) is 7.05 Å². The Morgan fingerprint density at radius 1 is 1.04 bits per heavy atom. The highest BCUT2D eigenvalue weighted by molar-refractivity contribution is 7.12. The molecular formula is C18H15Cl2NOS. The summed E-state index contributed by atoms with van der Waals surface area (Å²) < 4.78 is 6.00. The highest BCUT2D eigenvalue weighted by Crippen LogP contribution is 2.39. The van der Waals surface area contributed by atoms with E-state index in [4.69, 9.17) is 27.9 Å². The highest BCUT2D eigenvalue weighted by atomic mass is 35.5. The summed E-state index contributed by atoms with van der Waals surface area (Å²) in [6.45, 7) is 0.834. The standard InChI is InChI=1S/C18H15Cl2NOS/c1-21-11-12-3-2-4-13(9-12)15-7-8-23-18(15)22-14-5-6-16(19)17(20)10-14/h2-10,21H,11H2,1H3. The van der Waals surface area contributed by atoms with Crippen molar-refractivity contribution in [1.82, 2.24) is 5.32 Å². The smallest absolute Gasteiger partial charge is 0.188 e. The maximum absolute atomic E-state index is 6.05. The number of hydrogen-bond donors (Lipinski definition) is 1. The van der Waals surface area contributed by atoms with E-state index in [0.29, 0.717) is 15.8 Å². The maximum Gasteiger partial charge on any atom is 0.188 e. The molecule has 5 heteroatoms. The molecule has 0 saturated heterocycles. The van der Waals surface area contributed by atoms with Gasteiger partial charge < -0.3 is 10.1 Å². The van der Waals surface area contributed by atoms with Crippen LogP contribution < -0.4 is 10.1 Å². The zero-order chi connectivity index (χ0) is 16.2. The third-order valence-electron chi connectivity index (χ3n) is 3.35. The van der Waals surface area contributed by atoms with Crippen LogP contribution in [0.1, 0.15) is 5.56 Å². The first-order chi connectivity index (χ1) is 11.2. The Kier molecular flexibility index (Phi) is 5.23. The second kappa shape index (κ2) is 7.37. The molecule has 0 fully saturated rings. The maximum atomic E-state index is 6.05. The van der Waals surface area contributed by atoms with E-state index in [1.165, 1.54) is 5.56 Å². The third-order valence-corrected chi connectivity index (χ3v) is 4.88. The number of rotatable bonds is 5. The highest BCUT2D eigenvalue weighted by Gasteiger charge is 2.11. The van der Waals surface area contributed by atoms with Crippen LogP contribution in [0.2, 0.25) is 10.0 Å². The first kappa shape index (κ1) is 16.3. The molecule has 1 heterocycles. The van der Waals surface area contributed by atoms with Gasteiger partial charge in [0.25, 0.3) is 0 Å². The monoisotopic (exact) mass is 363 g/mol. The first-order valence-corrected chi connectivity index (χ1v) is 8.75. The lowest BCUT2D eigenvalue weighted by atomic mass is 10.1. The minimum atomic E-state index is 0.485. The summed E-state index contributed by atoms with van der Waals surface area (Å²) in [5, 5.41) is 7.03. The fourth-order valence-corrected chi connectivity index (χ4v) is 3.36. The van der Waals surface area contributed by atoms with Gasteiger partial charge in [0.2, 0.25) is 0 Å². The average Bonchev–Trinajstić information content (AvgIpc) is 3.00. The van der Waals surface area contributed by atoms with Gasteiger partial charge in [-0.15, -0.1) is 11.3 Å². The predicted octanol–water partition coefficient (Wildman–Crippen LogP) is 6.23. The summed E-state index contributed by atoms with van der Waals surface area (Å²) >= 11 is 13.6. The summed E-state index contributed by atoms with van der Waals surface area (Å²) in [4.78, 5) is 0. The Hall–Kier alpha value is -1.52. The molecule has 0 bridgehead atoms.